The summed E-state index contributed by atoms with van der Waals surface area (Å²) in [6.07, 6.45) is 4.20. The summed E-state index contributed by atoms with van der Waals surface area (Å²) in [5.41, 5.74) is 2.70. The van der Waals surface area contributed by atoms with E-state index in [1.807, 2.05) is 6.92 Å². The third-order valence-electron chi connectivity index (χ3n) is 1.94. The molecule has 0 aliphatic carbocycles. The molecule has 1 rings (SSSR count). The van der Waals surface area contributed by atoms with Gasteiger partial charge < -0.3 is 0 Å². The Balaban J connectivity index is 2.95. The lowest BCUT2D eigenvalue weighted by molar-refractivity contribution is 0.866. The Bertz CT molecular complexity index is 269. The van der Waals surface area contributed by atoms with Gasteiger partial charge in [0.2, 0.25) is 0 Å². The van der Waals surface area contributed by atoms with Crippen molar-refractivity contribution in [3.63, 3.8) is 0 Å². The highest BCUT2D eigenvalue weighted by Gasteiger charge is 1.97. The molecule has 0 saturated carbocycles. The van der Waals surface area contributed by atoms with Crippen molar-refractivity contribution in [1.82, 2.24) is 0 Å². The van der Waals surface area contributed by atoms with Gasteiger partial charge in [0.25, 0.3) is 0 Å². The summed E-state index contributed by atoms with van der Waals surface area (Å²) in [6, 6.07) is 8.67. The smallest absolute Gasteiger partial charge is 0.0219 e. The van der Waals surface area contributed by atoms with Gasteiger partial charge >= 0.3 is 0 Å². The van der Waals surface area contributed by atoms with Crippen LogP contribution in [0.2, 0.25) is 0 Å². The van der Waals surface area contributed by atoms with Crippen molar-refractivity contribution in [2.24, 2.45) is 0 Å². The summed E-state index contributed by atoms with van der Waals surface area (Å²) in [4.78, 5) is 0. The topological polar surface area (TPSA) is 0 Å². The summed E-state index contributed by atoms with van der Waals surface area (Å²) >= 11 is 0. The maximum atomic E-state index is 2.24. The molecule has 1 aromatic rings. The van der Waals surface area contributed by atoms with Gasteiger partial charge in [-0.1, -0.05) is 50.3 Å². The van der Waals surface area contributed by atoms with Crippen LogP contribution in [0.15, 0.2) is 30.3 Å². The van der Waals surface area contributed by atoms with Crippen LogP contribution >= 0.6 is 0 Å². The van der Waals surface area contributed by atoms with E-state index in [9.17, 15) is 0 Å². The third-order valence-corrected chi connectivity index (χ3v) is 1.94. The second-order valence-corrected chi connectivity index (χ2v) is 3.32. The van der Waals surface area contributed by atoms with Crippen molar-refractivity contribution in [1.29, 1.82) is 0 Å². The maximum absolute atomic E-state index is 2.24. The third kappa shape index (κ3) is 2.23. The molecule has 0 heterocycles. The number of benzene rings is 1. The van der Waals surface area contributed by atoms with Crippen LogP contribution in [0.3, 0.4) is 0 Å². The highest BCUT2D eigenvalue weighted by atomic mass is 14.0. The fraction of sp³-hybridized carbons (Fsp3) is 0.333. The Morgan fingerprint density at radius 3 is 2.58 bits per heavy atom. The van der Waals surface area contributed by atoms with E-state index in [1.165, 1.54) is 11.1 Å². The van der Waals surface area contributed by atoms with Crippen LogP contribution in [0.1, 0.15) is 37.8 Å². The molecule has 0 radical (unpaired) electrons. The largest absolute Gasteiger partial charge is 0.0871 e. The van der Waals surface area contributed by atoms with Crippen LogP contribution in [0.25, 0.3) is 6.08 Å². The standard InChI is InChI=1S/C12H16/c1-4-6-11-7-5-8-12(9-11)10(2)3/h4-10H,1-3H3. The molecule has 0 atom stereocenters. The number of hydrogen-bond acceptors (Lipinski definition) is 0. The zero-order valence-electron chi connectivity index (χ0n) is 8.04. The lowest BCUT2D eigenvalue weighted by Crippen LogP contribution is -1.86. The average molecular weight is 160 g/mol. The minimum atomic E-state index is 0.621. The Labute approximate surface area is 74.9 Å². The summed E-state index contributed by atoms with van der Waals surface area (Å²) in [7, 11) is 0. The number of rotatable bonds is 2. The van der Waals surface area contributed by atoms with Gasteiger partial charge in [-0.05, 0) is 24.0 Å². The molecule has 0 bridgehead atoms. The molecule has 12 heavy (non-hydrogen) atoms. The van der Waals surface area contributed by atoms with E-state index in [4.69, 9.17) is 0 Å². The van der Waals surface area contributed by atoms with Gasteiger partial charge in [0.15, 0.2) is 0 Å². The van der Waals surface area contributed by atoms with Crippen LogP contribution < -0.4 is 0 Å². The number of allylic oxidation sites excluding steroid dienone is 1. The van der Waals surface area contributed by atoms with Crippen LogP contribution in [-0.4, -0.2) is 0 Å². The molecule has 0 saturated heterocycles. The maximum Gasteiger partial charge on any atom is -0.0219 e. The van der Waals surface area contributed by atoms with E-state index >= 15 is 0 Å². The molecule has 0 fully saturated rings. The Morgan fingerprint density at radius 2 is 2.00 bits per heavy atom. The van der Waals surface area contributed by atoms with E-state index in [0.29, 0.717) is 5.92 Å². The summed E-state index contributed by atoms with van der Waals surface area (Å²) in [6.45, 7) is 6.48. The molecule has 0 N–H and O–H groups in total. The molecule has 0 amide bonds. The van der Waals surface area contributed by atoms with Crippen molar-refractivity contribution in [3.8, 4) is 0 Å². The van der Waals surface area contributed by atoms with Gasteiger partial charge in [0.05, 0.1) is 0 Å². The quantitative estimate of drug-likeness (QED) is 0.616. The monoisotopic (exact) mass is 160 g/mol. The van der Waals surface area contributed by atoms with Crippen LogP contribution in [0.5, 0.6) is 0 Å². The molecule has 64 valence electrons. The lowest BCUT2D eigenvalue weighted by Gasteiger charge is -2.05. The van der Waals surface area contributed by atoms with Crippen molar-refractivity contribution in [2.45, 2.75) is 26.7 Å². The normalized spacial score (nSPS) is 11.3. The SMILES string of the molecule is CC=Cc1cccc(C(C)C)c1. The molecule has 0 aliphatic rings. The van der Waals surface area contributed by atoms with E-state index in [2.05, 4.69) is 50.3 Å². The van der Waals surface area contributed by atoms with Crippen LogP contribution in [-0.2, 0) is 0 Å². The first-order chi connectivity index (χ1) is 5.74. The van der Waals surface area contributed by atoms with Crippen molar-refractivity contribution in [3.05, 3.63) is 41.5 Å². The van der Waals surface area contributed by atoms with E-state index < -0.39 is 0 Å². The highest BCUT2D eigenvalue weighted by molar-refractivity contribution is 5.50. The summed E-state index contributed by atoms with van der Waals surface area (Å²) in [5.74, 6) is 0.621. The highest BCUT2D eigenvalue weighted by Crippen LogP contribution is 2.16. The van der Waals surface area contributed by atoms with Crippen LogP contribution in [0, 0.1) is 0 Å². The molecule has 0 unspecified atom stereocenters. The predicted molar refractivity (Wildman–Crippen MR) is 55.2 cm³/mol. The Morgan fingerprint density at radius 1 is 1.25 bits per heavy atom. The molecule has 0 nitrogen and oxygen atoms in total. The molecule has 0 aromatic heterocycles. The van der Waals surface area contributed by atoms with Crippen LogP contribution in [0.4, 0.5) is 0 Å². The van der Waals surface area contributed by atoms with Crippen molar-refractivity contribution < 1.29 is 0 Å². The molecule has 0 aliphatic heterocycles. The van der Waals surface area contributed by atoms with Gasteiger partial charge in [-0.15, -0.1) is 0 Å². The van der Waals surface area contributed by atoms with E-state index in [1.54, 1.807) is 0 Å². The Kier molecular flexibility index (Phi) is 3.09. The fourth-order valence-electron chi connectivity index (χ4n) is 1.21. The minimum absolute atomic E-state index is 0.621. The first kappa shape index (κ1) is 9.05. The van der Waals surface area contributed by atoms with E-state index in [0.717, 1.165) is 0 Å². The van der Waals surface area contributed by atoms with Crippen molar-refractivity contribution in [2.75, 3.05) is 0 Å². The summed E-state index contributed by atoms with van der Waals surface area (Å²) < 4.78 is 0. The zero-order chi connectivity index (χ0) is 8.97. The predicted octanol–water partition coefficient (Wildman–Crippen LogP) is 3.84. The first-order valence-corrected chi connectivity index (χ1v) is 4.46. The summed E-state index contributed by atoms with van der Waals surface area (Å²) in [5, 5.41) is 0. The van der Waals surface area contributed by atoms with Gasteiger partial charge in [-0.2, -0.15) is 0 Å². The number of hydrogen-bond donors (Lipinski definition) is 0. The second-order valence-electron chi connectivity index (χ2n) is 3.32. The molecule has 0 spiro atoms. The fourth-order valence-corrected chi connectivity index (χ4v) is 1.21. The van der Waals surface area contributed by atoms with Gasteiger partial charge in [-0.25, -0.2) is 0 Å². The second kappa shape index (κ2) is 4.10. The molecule has 0 heteroatoms. The minimum Gasteiger partial charge on any atom is -0.0871 e. The molecular weight excluding hydrogens is 144 g/mol. The Hall–Kier alpha value is -1.04. The van der Waals surface area contributed by atoms with Gasteiger partial charge in [-0.3, -0.25) is 0 Å². The van der Waals surface area contributed by atoms with E-state index in [-0.39, 0.29) is 0 Å². The zero-order valence-corrected chi connectivity index (χ0v) is 8.04. The van der Waals surface area contributed by atoms with Gasteiger partial charge in [0, 0.05) is 0 Å². The van der Waals surface area contributed by atoms with Gasteiger partial charge in [0.1, 0.15) is 0 Å². The molecule has 1 aromatic carbocycles. The molecular formula is C12H16. The first-order valence-electron chi connectivity index (χ1n) is 4.46. The van der Waals surface area contributed by atoms with Crippen molar-refractivity contribution >= 4 is 6.08 Å². The lowest BCUT2D eigenvalue weighted by atomic mass is 10.0. The average Bonchev–Trinajstić information content (AvgIpc) is 2.05.